The van der Waals surface area contributed by atoms with Gasteiger partial charge in [0.1, 0.15) is 6.56 Å². The number of nitrogens with two attached hydrogens (primary N) is 1. The lowest BCUT2D eigenvalue weighted by atomic mass is 10.2. The van der Waals surface area contributed by atoms with Gasteiger partial charge in [-0.05, 0) is 35.5 Å². The highest BCUT2D eigenvalue weighted by atomic mass is 79.9. The number of nitrogen functional groups attached to an aromatic ring is 1. The molecule has 0 atom stereocenters. The normalized spacial score (nSPS) is 17.5. The average molecular weight is 439 g/mol. The lowest BCUT2D eigenvalue weighted by Crippen LogP contribution is -2.22. The van der Waals surface area contributed by atoms with Crippen LogP contribution >= 0.6 is 27.7 Å². The fourth-order valence-corrected chi connectivity index (χ4v) is 3.21. The van der Waals surface area contributed by atoms with Crippen molar-refractivity contribution in [1.82, 2.24) is 14.9 Å². The molecule has 0 bridgehead atoms. The monoisotopic (exact) mass is 438 g/mol. The number of phenolic OH excluding ortho intramolecular Hbond substituents is 1. The van der Waals surface area contributed by atoms with Crippen molar-refractivity contribution in [2.75, 3.05) is 12.8 Å². The summed E-state index contributed by atoms with van der Waals surface area (Å²) in [6.07, 6.45) is 3.81. The number of hydrogen-bond donors (Lipinski definition) is 2. The van der Waals surface area contributed by atoms with E-state index in [1.807, 2.05) is 0 Å². The van der Waals surface area contributed by atoms with Crippen molar-refractivity contribution < 1.29 is 22.2 Å². The minimum Gasteiger partial charge on any atom is -0.504 e. The number of nitrogens with zero attached hydrogens (tertiary/aromatic N) is 3. The molecule has 3 rings (SSSR count). The number of carbonyl (C=O) groups is 2. The molecule has 1 aromatic heterocycles. The molecule has 1 aliphatic heterocycles. The second-order valence-electron chi connectivity index (χ2n) is 5.12. The zero-order chi connectivity index (χ0) is 20.6. The number of ether oxygens (including phenoxy) is 1. The summed E-state index contributed by atoms with van der Waals surface area (Å²) < 4.78 is 21.9. The minimum atomic E-state index is -2.36. The van der Waals surface area contributed by atoms with Crippen molar-refractivity contribution in [2.45, 2.75) is 6.56 Å². The van der Waals surface area contributed by atoms with E-state index in [1.165, 1.54) is 37.7 Å². The van der Waals surface area contributed by atoms with Crippen LogP contribution in [0.4, 0.5) is 10.7 Å². The molecule has 0 aliphatic carbocycles. The smallest absolute Gasteiger partial charge is 0.293 e. The minimum absolute atomic E-state index is 0.00216. The van der Waals surface area contributed by atoms with Gasteiger partial charge in [0.2, 0.25) is 5.95 Å². The van der Waals surface area contributed by atoms with Crippen molar-refractivity contribution in [3.63, 3.8) is 0 Å². The van der Waals surface area contributed by atoms with E-state index in [0.717, 1.165) is 16.7 Å². The maximum absolute atomic E-state index is 12.1. The van der Waals surface area contributed by atoms with Crippen LogP contribution in [0.5, 0.6) is 11.5 Å². The maximum atomic E-state index is 12.1. The molecule has 10 heteroatoms. The highest BCUT2D eigenvalue weighted by molar-refractivity contribution is 9.10. The summed E-state index contributed by atoms with van der Waals surface area (Å²) in [6, 6.07) is 2.64. The van der Waals surface area contributed by atoms with Crippen LogP contribution in [0.3, 0.4) is 0 Å². The Morgan fingerprint density at radius 3 is 2.73 bits per heavy atom. The third kappa shape index (κ3) is 3.81. The maximum Gasteiger partial charge on any atom is 0.293 e. The number of aromatic nitrogens is 2. The summed E-state index contributed by atoms with van der Waals surface area (Å²) in [4.78, 5) is 32.3. The summed E-state index contributed by atoms with van der Waals surface area (Å²) in [5.41, 5.74) is 5.81. The van der Waals surface area contributed by atoms with Gasteiger partial charge in [0.15, 0.2) is 11.5 Å². The number of benzene rings is 1. The zero-order valence-corrected chi connectivity index (χ0v) is 15.7. The molecule has 1 aromatic carbocycles. The number of anilines is 1. The summed E-state index contributed by atoms with van der Waals surface area (Å²) in [5, 5.41) is 9.74. The molecule has 26 heavy (non-hydrogen) atoms. The highest BCUT2D eigenvalue weighted by Crippen LogP contribution is 2.37. The lowest BCUT2D eigenvalue weighted by Gasteiger charge is -2.10. The van der Waals surface area contributed by atoms with Crippen molar-refractivity contribution in [1.29, 1.82) is 0 Å². The second-order valence-corrected chi connectivity index (χ2v) is 6.96. The van der Waals surface area contributed by atoms with Crippen LogP contribution in [0.2, 0.25) is 0 Å². The van der Waals surface area contributed by atoms with Crippen molar-refractivity contribution in [3.05, 3.63) is 45.0 Å². The van der Waals surface area contributed by atoms with Gasteiger partial charge in [-0.2, -0.15) is 0 Å². The zero-order valence-electron chi connectivity index (χ0n) is 15.3. The summed E-state index contributed by atoms with van der Waals surface area (Å²) in [6.45, 7) is -2.36. The molecule has 1 saturated heterocycles. The first-order valence-corrected chi connectivity index (χ1v) is 8.70. The molecule has 2 heterocycles. The van der Waals surface area contributed by atoms with E-state index >= 15 is 0 Å². The third-order valence-corrected chi connectivity index (χ3v) is 4.95. The number of likely N-dealkylation sites (N-methyl/N-ethyl adjacent to an activating group) is 1. The molecule has 0 radical (unpaired) electrons. The number of imide groups is 1. The van der Waals surface area contributed by atoms with Crippen LogP contribution in [0, 0.1) is 0 Å². The number of rotatable bonds is 4. The number of halogens is 1. The molecule has 8 nitrogen and oxygen atoms in total. The van der Waals surface area contributed by atoms with Crippen LogP contribution in [-0.4, -0.2) is 38.2 Å². The Bertz CT molecular complexity index is 1000. The quantitative estimate of drug-likeness (QED) is 0.699. The molecular weight excluding hydrogens is 424 g/mol. The number of aromatic hydroxyl groups is 1. The van der Waals surface area contributed by atoms with Gasteiger partial charge in [0.25, 0.3) is 11.1 Å². The van der Waals surface area contributed by atoms with Crippen LogP contribution in [0.1, 0.15) is 13.9 Å². The van der Waals surface area contributed by atoms with Crippen LogP contribution in [-0.2, 0) is 11.4 Å². The van der Waals surface area contributed by atoms with E-state index in [1.54, 1.807) is 0 Å². The van der Waals surface area contributed by atoms with E-state index in [2.05, 4.69) is 25.9 Å². The van der Waals surface area contributed by atoms with Gasteiger partial charge in [-0.25, -0.2) is 9.97 Å². The van der Waals surface area contributed by atoms with Gasteiger partial charge in [0.05, 0.1) is 7.65 Å². The summed E-state index contributed by atoms with van der Waals surface area (Å²) >= 11 is 4.04. The molecule has 2 aromatic rings. The van der Waals surface area contributed by atoms with Gasteiger partial charge in [-0.3, -0.25) is 14.5 Å². The van der Waals surface area contributed by atoms with Gasteiger partial charge in [-0.15, -0.1) is 0 Å². The Morgan fingerprint density at radius 1 is 1.42 bits per heavy atom. The van der Waals surface area contributed by atoms with Crippen molar-refractivity contribution in [2.24, 2.45) is 0 Å². The van der Waals surface area contributed by atoms with Crippen molar-refractivity contribution >= 4 is 50.9 Å². The first kappa shape index (κ1) is 15.6. The van der Waals surface area contributed by atoms with Gasteiger partial charge in [0, 0.05) is 29.5 Å². The second kappa shape index (κ2) is 7.34. The summed E-state index contributed by atoms with van der Waals surface area (Å²) in [5.74, 6) is -0.968. The Morgan fingerprint density at radius 2 is 2.12 bits per heavy atom. The SMILES string of the molecule is [2H]C([2H])(Oc1cc(/C=C2\SC(=O)N(C)C2=O)c(Br)cc1O)c1cnc(N)nc1. The number of carbonyl (C=O) groups excluding carboxylic acids is 2. The first-order valence-electron chi connectivity index (χ1n) is 8.09. The Labute approximate surface area is 164 Å². The van der Waals surface area contributed by atoms with E-state index in [-0.39, 0.29) is 27.9 Å². The number of hydrogen-bond acceptors (Lipinski definition) is 8. The number of amides is 2. The van der Waals surface area contributed by atoms with Gasteiger partial charge in [-0.1, -0.05) is 15.9 Å². The Kier molecular flexibility index (Phi) is 4.42. The van der Waals surface area contributed by atoms with Crippen molar-refractivity contribution in [3.8, 4) is 11.5 Å². The molecule has 3 N–H and O–H groups in total. The molecule has 134 valence electrons. The standard InChI is InChI=1S/C16H13BrN4O4S/c1-21-14(23)13(26-16(21)24)3-9-2-12(11(22)4-10(9)17)25-7-8-5-19-15(18)20-6-8/h2-6,22H,7H2,1H3,(H2,18,19,20)/b13-3-/i7D2. The van der Waals surface area contributed by atoms with Gasteiger partial charge >= 0.3 is 0 Å². The molecule has 0 spiro atoms. The highest BCUT2D eigenvalue weighted by Gasteiger charge is 2.32. The fourth-order valence-electron chi connectivity index (χ4n) is 1.94. The molecule has 2 amide bonds. The number of thioether (sulfide) groups is 1. The molecule has 0 unspecified atom stereocenters. The predicted octanol–water partition coefficient (Wildman–Crippen LogP) is 2.77. The predicted molar refractivity (Wildman–Crippen MR) is 100 cm³/mol. The largest absolute Gasteiger partial charge is 0.504 e. The topological polar surface area (TPSA) is 119 Å². The lowest BCUT2D eigenvalue weighted by molar-refractivity contribution is -0.121. The third-order valence-electron chi connectivity index (χ3n) is 3.30. The molecule has 1 fully saturated rings. The summed E-state index contributed by atoms with van der Waals surface area (Å²) in [7, 11) is 1.38. The van der Waals surface area contributed by atoms with E-state index in [9.17, 15) is 14.7 Å². The molecular formula is C16H13BrN4O4S. The van der Waals surface area contributed by atoms with E-state index < -0.39 is 17.7 Å². The average Bonchev–Trinajstić information content (AvgIpc) is 2.86. The van der Waals surface area contributed by atoms with E-state index in [0.29, 0.717) is 10.0 Å². The fraction of sp³-hybridized carbons (Fsp3) is 0.125. The van der Waals surface area contributed by atoms with E-state index in [4.69, 9.17) is 13.2 Å². The number of phenols is 1. The van der Waals surface area contributed by atoms with Crippen LogP contribution in [0.15, 0.2) is 33.9 Å². The van der Waals surface area contributed by atoms with Crippen LogP contribution in [0.25, 0.3) is 6.08 Å². The Hall–Kier alpha value is -2.59. The Balaban J connectivity index is 1.95. The first-order chi connectivity index (χ1) is 13.1. The van der Waals surface area contributed by atoms with Gasteiger partial charge < -0.3 is 15.6 Å². The molecule has 1 aliphatic rings. The molecule has 0 saturated carbocycles. The van der Waals surface area contributed by atoms with Crippen LogP contribution < -0.4 is 10.5 Å².